The molecule has 10 nitrogen and oxygen atoms in total. The number of thiophene rings is 1. The molecule has 12 heteroatoms. The van der Waals surface area contributed by atoms with Crippen molar-refractivity contribution in [1.29, 1.82) is 0 Å². The maximum Gasteiger partial charge on any atom is 0.327 e. The molecular formula is C18H22N4O6S2. The number of hydrazone groups is 1. The molecule has 2 amide bonds. The third-order valence-electron chi connectivity index (χ3n) is 4.80. The SMILES string of the molecule is CCOC(=O)CNN=CC1(C(=O)O)CS[C@@H]2C(N(C(C)=O)c3cccs3)C(=O)N2C1. The van der Waals surface area contributed by atoms with Crippen molar-refractivity contribution in [2.75, 3.05) is 30.3 Å². The predicted molar refractivity (Wildman–Crippen MR) is 112 cm³/mol. The fraction of sp³-hybridized carbons (Fsp3) is 0.500. The Morgan fingerprint density at radius 2 is 2.27 bits per heavy atom. The Bertz CT molecular complexity index is 861. The van der Waals surface area contributed by atoms with Crippen molar-refractivity contribution in [2.24, 2.45) is 10.5 Å². The van der Waals surface area contributed by atoms with E-state index in [4.69, 9.17) is 4.74 Å². The lowest BCUT2D eigenvalue weighted by Crippen LogP contribution is -2.74. The second-order valence-electron chi connectivity index (χ2n) is 6.81. The normalized spacial score (nSPS) is 25.4. The first-order chi connectivity index (χ1) is 14.3. The molecule has 3 rings (SSSR count). The lowest BCUT2D eigenvalue weighted by atomic mass is 9.88. The van der Waals surface area contributed by atoms with Gasteiger partial charge >= 0.3 is 11.9 Å². The van der Waals surface area contributed by atoms with E-state index >= 15 is 0 Å². The van der Waals surface area contributed by atoms with Gasteiger partial charge in [-0.3, -0.25) is 29.5 Å². The van der Waals surface area contributed by atoms with Gasteiger partial charge in [-0.1, -0.05) is 0 Å². The van der Waals surface area contributed by atoms with Gasteiger partial charge in [0.1, 0.15) is 23.4 Å². The number of β-lactam (4-membered cyclic amide) rings is 1. The number of nitrogens with one attached hydrogen (secondary N) is 1. The number of carboxylic acid groups (broad SMARTS) is 1. The van der Waals surface area contributed by atoms with E-state index in [1.807, 2.05) is 5.38 Å². The fourth-order valence-electron chi connectivity index (χ4n) is 3.33. The fourth-order valence-corrected chi connectivity index (χ4v) is 5.67. The number of nitrogens with zero attached hydrogens (tertiary/aromatic N) is 3. The number of hydrogen-bond donors (Lipinski definition) is 2. The number of rotatable bonds is 8. The molecule has 0 radical (unpaired) electrons. The summed E-state index contributed by atoms with van der Waals surface area (Å²) in [4.78, 5) is 51.3. The van der Waals surface area contributed by atoms with Gasteiger partial charge in [0.15, 0.2) is 0 Å². The van der Waals surface area contributed by atoms with E-state index in [2.05, 4.69) is 10.5 Å². The summed E-state index contributed by atoms with van der Waals surface area (Å²) in [5, 5.41) is 15.8. The van der Waals surface area contributed by atoms with E-state index < -0.39 is 23.4 Å². The van der Waals surface area contributed by atoms with Gasteiger partial charge in [-0.05, 0) is 24.4 Å². The number of anilines is 1. The third-order valence-corrected chi connectivity index (χ3v) is 7.20. The van der Waals surface area contributed by atoms with Crippen molar-refractivity contribution in [1.82, 2.24) is 10.3 Å². The first-order valence-corrected chi connectivity index (χ1v) is 11.1. The summed E-state index contributed by atoms with van der Waals surface area (Å²) < 4.78 is 4.76. The average molecular weight is 455 g/mol. The maximum atomic E-state index is 12.8. The van der Waals surface area contributed by atoms with Gasteiger partial charge in [0.2, 0.25) is 11.8 Å². The molecule has 2 saturated heterocycles. The number of carboxylic acids is 1. The van der Waals surface area contributed by atoms with Crippen LogP contribution in [-0.2, 0) is 23.9 Å². The lowest BCUT2D eigenvalue weighted by molar-refractivity contribution is -0.153. The van der Waals surface area contributed by atoms with Crippen molar-refractivity contribution in [3.05, 3.63) is 17.5 Å². The minimum atomic E-state index is -1.40. The van der Waals surface area contributed by atoms with Crippen LogP contribution in [0.3, 0.4) is 0 Å². The summed E-state index contributed by atoms with van der Waals surface area (Å²) in [7, 11) is 0. The molecule has 2 N–H and O–H groups in total. The van der Waals surface area contributed by atoms with Crippen LogP contribution in [0.5, 0.6) is 0 Å². The van der Waals surface area contributed by atoms with Crippen LogP contribution in [0.1, 0.15) is 13.8 Å². The largest absolute Gasteiger partial charge is 0.480 e. The van der Waals surface area contributed by atoms with Crippen LogP contribution in [0, 0.1) is 5.41 Å². The van der Waals surface area contributed by atoms with Crippen LogP contribution >= 0.6 is 23.1 Å². The van der Waals surface area contributed by atoms with E-state index in [1.54, 1.807) is 19.1 Å². The molecule has 0 bridgehead atoms. The standard InChI is InChI=1S/C18H22N4O6S2/c1-3-28-13(24)7-19-20-8-18(17(26)27)9-21-15(25)14(16(21)30-10-18)22(11(2)23)12-5-4-6-29-12/h4-6,8,14,16,19H,3,7,9-10H2,1-2H3,(H,26,27)/t14?,16-,18?/m1/s1. The minimum absolute atomic E-state index is 0.0594. The van der Waals surface area contributed by atoms with E-state index in [9.17, 15) is 24.3 Å². The van der Waals surface area contributed by atoms with Crippen LogP contribution in [-0.4, -0.2) is 76.8 Å². The van der Waals surface area contributed by atoms with Gasteiger partial charge < -0.3 is 14.7 Å². The number of carbonyl (C=O) groups excluding carboxylic acids is 3. The number of thioether (sulfide) groups is 1. The summed E-state index contributed by atoms with van der Waals surface area (Å²) in [6.07, 6.45) is 1.22. The van der Waals surface area contributed by atoms with Crippen molar-refractivity contribution < 1.29 is 29.0 Å². The zero-order chi connectivity index (χ0) is 21.9. The lowest BCUT2D eigenvalue weighted by Gasteiger charge is -2.55. The molecule has 2 unspecified atom stereocenters. The predicted octanol–water partition coefficient (Wildman–Crippen LogP) is 0.594. The Morgan fingerprint density at radius 1 is 1.50 bits per heavy atom. The number of carbonyl (C=O) groups is 4. The molecule has 162 valence electrons. The van der Waals surface area contributed by atoms with Crippen molar-refractivity contribution >= 4 is 58.1 Å². The summed E-state index contributed by atoms with van der Waals surface area (Å²) in [6.45, 7) is 3.08. The highest BCUT2D eigenvalue weighted by Crippen LogP contribution is 2.44. The molecular weight excluding hydrogens is 432 g/mol. The Morgan fingerprint density at radius 3 is 2.87 bits per heavy atom. The molecule has 0 saturated carbocycles. The number of fused-ring (bicyclic) bond motifs is 1. The van der Waals surface area contributed by atoms with Crippen LogP contribution in [0.15, 0.2) is 22.6 Å². The van der Waals surface area contributed by atoms with E-state index in [-0.39, 0.29) is 42.6 Å². The van der Waals surface area contributed by atoms with E-state index in [1.165, 1.54) is 46.0 Å². The summed E-state index contributed by atoms with van der Waals surface area (Å²) >= 11 is 2.67. The van der Waals surface area contributed by atoms with Gasteiger partial charge in [0, 0.05) is 25.4 Å². The average Bonchev–Trinajstić information content (AvgIpc) is 3.23. The summed E-state index contributed by atoms with van der Waals surface area (Å²) in [5.74, 6) is -1.98. The first kappa shape index (κ1) is 22.1. The Kier molecular flexibility index (Phi) is 6.66. The van der Waals surface area contributed by atoms with E-state index in [0.717, 1.165) is 0 Å². The smallest absolute Gasteiger partial charge is 0.327 e. The molecule has 2 fully saturated rings. The van der Waals surface area contributed by atoms with Crippen LogP contribution in [0.2, 0.25) is 0 Å². The third kappa shape index (κ3) is 4.15. The van der Waals surface area contributed by atoms with Crippen molar-refractivity contribution in [2.45, 2.75) is 25.3 Å². The summed E-state index contributed by atoms with van der Waals surface area (Å²) in [5.41, 5.74) is 1.08. The number of hydrogen-bond acceptors (Lipinski definition) is 9. The van der Waals surface area contributed by atoms with Gasteiger partial charge in [0.05, 0.1) is 11.6 Å². The topological polar surface area (TPSA) is 129 Å². The van der Waals surface area contributed by atoms with Gasteiger partial charge in [0.25, 0.3) is 0 Å². The van der Waals surface area contributed by atoms with Crippen LogP contribution in [0.25, 0.3) is 0 Å². The highest BCUT2D eigenvalue weighted by molar-refractivity contribution is 8.00. The molecule has 0 aromatic carbocycles. The van der Waals surface area contributed by atoms with E-state index in [0.29, 0.717) is 5.00 Å². The number of aliphatic carboxylic acids is 1. The highest BCUT2D eigenvalue weighted by Gasteiger charge is 2.59. The molecule has 1 aromatic heterocycles. The second kappa shape index (κ2) is 9.04. The van der Waals surface area contributed by atoms with Crippen LogP contribution < -0.4 is 10.3 Å². The molecule has 0 spiro atoms. The van der Waals surface area contributed by atoms with Gasteiger partial charge in [-0.2, -0.15) is 5.10 Å². The summed E-state index contributed by atoms with van der Waals surface area (Å²) in [6, 6.07) is 2.93. The number of ether oxygens (including phenoxy) is 1. The molecule has 2 aliphatic heterocycles. The molecule has 3 atom stereocenters. The molecule has 30 heavy (non-hydrogen) atoms. The van der Waals surface area contributed by atoms with Crippen molar-refractivity contribution in [3.8, 4) is 0 Å². The molecule has 1 aromatic rings. The first-order valence-electron chi connectivity index (χ1n) is 9.22. The highest BCUT2D eigenvalue weighted by atomic mass is 32.2. The monoisotopic (exact) mass is 454 g/mol. The van der Waals surface area contributed by atoms with Crippen LogP contribution in [0.4, 0.5) is 5.00 Å². The molecule has 0 aliphatic carbocycles. The Labute approximate surface area is 181 Å². The second-order valence-corrected chi connectivity index (χ2v) is 8.84. The number of esters is 1. The zero-order valence-corrected chi connectivity index (χ0v) is 18.1. The molecule has 3 heterocycles. The van der Waals surface area contributed by atoms with Crippen molar-refractivity contribution in [3.63, 3.8) is 0 Å². The number of amides is 2. The van der Waals surface area contributed by atoms with Gasteiger partial charge in [-0.25, -0.2) is 0 Å². The zero-order valence-electron chi connectivity index (χ0n) is 16.4. The Balaban J connectivity index is 1.70. The van der Waals surface area contributed by atoms with Gasteiger partial charge in [-0.15, -0.1) is 23.1 Å². The maximum absolute atomic E-state index is 12.8. The Hall–Kier alpha value is -2.60. The quantitative estimate of drug-likeness (QED) is 0.253. The molecule has 2 aliphatic rings. The minimum Gasteiger partial charge on any atom is -0.480 e.